The minimum Gasteiger partial charge on any atom is -0.496 e. The number of thioether (sulfide) groups is 1. The molecule has 0 fully saturated rings. The molecule has 3 heterocycles. The van der Waals surface area contributed by atoms with Gasteiger partial charge in [0, 0.05) is 6.20 Å². The highest BCUT2D eigenvalue weighted by Gasteiger charge is 2.15. The summed E-state index contributed by atoms with van der Waals surface area (Å²) in [6.07, 6.45) is 1.71. The van der Waals surface area contributed by atoms with Crippen LogP contribution in [0.5, 0.6) is 5.75 Å². The zero-order valence-electron chi connectivity index (χ0n) is 13.4. The molecule has 0 unspecified atom stereocenters. The van der Waals surface area contributed by atoms with Crippen molar-refractivity contribution in [3.8, 4) is 17.1 Å². The van der Waals surface area contributed by atoms with Crippen molar-refractivity contribution in [2.75, 3.05) is 7.11 Å². The molecular formula is C16H11Cl2N5O2S. The Hall–Kier alpha value is -2.29. The molecule has 0 N–H and O–H groups in total. The summed E-state index contributed by atoms with van der Waals surface area (Å²) in [5.41, 5.74) is 1.31. The van der Waals surface area contributed by atoms with E-state index in [1.807, 2.05) is 24.3 Å². The highest BCUT2D eigenvalue weighted by molar-refractivity contribution is 7.98. The summed E-state index contributed by atoms with van der Waals surface area (Å²) in [7, 11) is 1.60. The molecule has 4 rings (SSSR count). The zero-order valence-corrected chi connectivity index (χ0v) is 15.7. The van der Waals surface area contributed by atoms with E-state index in [4.69, 9.17) is 32.5 Å². The molecule has 7 nitrogen and oxygen atoms in total. The highest BCUT2D eigenvalue weighted by Crippen LogP contribution is 2.29. The lowest BCUT2D eigenvalue weighted by Gasteiger charge is -2.03. The molecule has 0 saturated carbocycles. The molecule has 0 saturated heterocycles. The van der Waals surface area contributed by atoms with E-state index in [9.17, 15) is 0 Å². The number of pyridine rings is 1. The third kappa shape index (κ3) is 3.23. The molecular weight excluding hydrogens is 397 g/mol. The van der Waals surface area contributed by atoms with Crippen LogP contribution in [0.3, 0.4) is 0 Å². The van der Waals surface area contributed by atoms with Crippen molar-refractivity contribution < 1.29 is 9.26 Å². The number of rotatable bonds is 5. The monoisotopic (exact) mass is 407 g/mol. The topological polar surface area (TPSA) is 78.3 Å². The predicted octanol–water partition coefficient (Wildman–Crippen LogP) is 4.39. The Balaban J connectivity index is 1.56. The molecule has 0 atom stereocenters. The Morgan fingerprint density at radius 1 is 1.23 bits per heavy atom. The van der Waals surface area contributed by atoms with Crippen molar-refractivity contribution in [2.45, 2.75) is 10.9 Å². The number of hydrogen-bond acceptors (Lipinski definition) is 7. The molecule has 0 spiro atoms. The Bertz CT molecular complexity index is 1080. The van der Waals surface area contributed by atoms with Crippen LogP contribution in [0.1, 0.15) is 5.89 Å². The maximum Gasteiger partial charge on any atom is 0.237 e. The van der Waals surface area contributed by atoms with E-state index < -0.39 is 0 Å². The van der Waals surface area contributed by atoms with Crippen LogP contribution in [-0.2, 0) is 5.75 Å². The third-order valence-electron chi connectivity index (χ3n) is 3.54. The summed E-state index contributed by atoms with van der Waals surface area (Å²) in [5, 5.41) is 13.8. The first kappa shape index (κ1) is 17.1. The first-order valence-electron chi connectivity index (χ1n) is 7.44. The number of nitrogens with zero attached hydrogens (tertiary/aromatic N) is 5. The standard InChI is InChI=1S/C16H11Cl2N5O2S/c1-24-12-5-3-2-4-10(12)14-19-13(25-22-14)8-26-16-21-20-15-11(18)6-9(17)7-23(15)16/h2-7H,8H2,1H3. The van der Waals surface area contributed by atoms with Gasteiger partial charge in [-0.15, -0.1) is 10.2 Å². The van der Waals surface area contributed by atoms with Gasteiger partial charge < -0.3 is 9.26 Å². The summed E-state index contributed by atoms with van der Waals surface area (Å²) in [6.45, 7) is 0. The second-order valence-corrected chi connectivity index (χ2v) is 6.97. The van der Waals surface area contributed by atoms with Crippen LogP contribution in [0.15, 0.2) is 46.2 Å². The van der Waals surface area contributed by atoms with Crippen molar-refractivity contribution in [2.24, 2.45) is 0 Å². The molecule has 0 radical (unpaired) electrons. The van der Waals surface area contributed by atoms with Gasteiger partial charge in [0.05, 0.1) is 28.5 Å². The molecule has 0 aliphatic rings. The summed E-state index contributed by atoms with van der Waals surface area (Å²) < 4.78 is 12.4. The normalized spacial score (nSPS) is 11.2. The van der Waals surface area contributed by atoms with Crippen molar-refractivity contribution >= 4 is 40.6 Å². The number of para-hydroxylation sites is 1. The Labute approximate surface area is 162 Å². The molecule has 4 aromatic rings. The predicted molar refractivity (Wildman–Crippen MR) is 98.9 cm³/mol. The fourth-order valence-corrected chi connectivity index (χ4v) is 3.64. The van der Waals surface area contributed by atoms with Crippen LogP contribution in [0.25, 0.3) is 17.0 Å². The first-order valence-corrected chi connectivity index (χ1v) is 9.18. The lowest BCUT2D eigenvalue weighted by Crippen LogP contribution is -1.90. The van der Waals surface area contributed by atoms with Gasteiger partial charge in [-0.1, -0.05) is 52.3 Å². The summed E-state index contributed by atoms with van der Waals surface area (Å²) in [4.78, 5) is 4.42. The number of fused-ring (bicyclic) bond motifs is 1. The van der Waals surface area contributed by atoms with Gasteiger partial charge in [0.15, 0.2) is 10.8 Å². The van der Waals surface area contributed by atoms with Crippen LogP contribution >= 0.6 is 35.0 Å². The van der Waals surface area contributed by atoms with Gasteiger partial charge in [0.25, 0.3) is 0 Å². The zero-order chi connectivity index (χ0) is 18.1. The van der Waals surface area contributed by atoms with E-state index in [-0.39, 0.29) is 0 Å². The van der Waals surface area contributed by atoms with Crippen LogP contribution in [-0.4, -0.2) is 31.8 Å². The number of halogens is 2. The maximum atomic E-state index is 6.12. The lowest BCUT2D eigenvalue weighted by molar-refractivity contribution is 0.390. The molecule has 1 aromatic carbocycles. The third-order valence-corrected chi connectivity index (χ3v) is 4.95. The van der Waals surface area contributed by atoms with Gasteiger partial charge in [0.1, 0.15) is 5.75 Å². The molecule has 0 aliphatic carbocycles. The molecule has 132 valence electrons. The van der Waals surface area contributed by atoms with Gasteiger partial charge in [-0.3, -0.25) is 4.40 Å². The number of aromatic nitrogens is 5. The van der Waals surface area contributed by atoms with Crippen LogP contribution in [0.2, 0.25) is 10.0 Å². The Morgan fingerprint density at radius 3 is 2.92 bits per heavy atom. The number of methoxy groups -OCH3 is 1. The van der Waals surface area contributed by atoms with Gasteiger partial charge >= 0.3 is 0 Å². The lowest BCUT2D eigenvalue weighted by atomic mass is 10.2. The van der Waals surface area contributed by atoms with E-state index in [0.29, 0.717) is 44.1 Å². The van der Waals surface area contributed by atoms with Gasteiger partial charge in [-0.25, -0.2) is 0 Å². The Morgan fingerprint density at radius 2 is 2.08 bits per heavy atom. The summed E-state index contributed by atoms with van der Waals surface area (Å²) in [6, 6.07) is 9.11. The van der Waals surface area contributed by atoms with E-state index in [0.717, 1.165) is 5.56 Å². The van der Waals surface area contributed by atoms with Crippen molar-refractivity contribution in [3.63, 3.8) is 0 Å². The molecule has 0 amide bonds. The second-order valence-electron chi connectivity index (χ2n) is 5.18. The minimum atomic E-state index is 0.424. The molecule has 0 bridgehead atoms. The molecule has 0 aliphatic heterocycles. The summed E-state index contributed by atoms with van der Waals surface area (Å²) in [5.74, 6) is 2.03. The fraction of sp³-hybridized carbons (Fsp3) is 0.125. The maximum absolute atomic E-state index is 6.12. The summed E-state index contributed by atoms with van der Waals surface area (Å²) >= 11 is 13.6. The average Bonchev–Trinajstić information content (AvgIpc) is 3.27. The second kappa shape index (κ2) is 7.14. The number of hydrogen-bond donors (Lipinski definition) is 0. The fourth-order valence-electron chi connectivity index (χ4n) is 2.38. The number of ether oxygens (including phenoxy) is 1. The van der Waals surface area contributed by atoms with E-state index in [1.54, 1.807) is 23.8 Å². The van der Waals surface area contributed by atoms with Gasteiger partial charge in [-0.05, 0) is 18.2 Å². The van der Waals surface area contributed by atoms with Gasteiger partial charge in [0.2, 0.25) is 11.7 Å². The van der Waals surface area contributed by atoms with Crippen LogP contribution in [0.4, 0.5) is 0 Å². The first-order chi connectivity index (χ1) is 12.7. The average molecular weight is 408 g/mol. The van der Waals surface area contributed by atoms with Crippen LogP contribution in [0, 0.1) is 0 Å². The van der Waals surface area contributed by atoms with E-state index >= 15 is 0 Å². The molecule has 3 aromatic heterocycles. The highest BCUT2D eigenvalue weighted by atomic mass is 35.5. The van der Waals surface area contributed by atoms with Crippen molar-refractivity contribution in [3.05, 3.63) is 52.5 Å². The largest absolute Gasteiger partial charge is 0.496 e. The SMILES string of the molecule is COc1ccccc1-c1noc(CSc2nnc3c(Cl)cc(Cl)cn23)n1. The number of benzene rings is 1. The van der Waals surface area contributed by atoms with E-state index in [1.165, 1.54) is 11.8 Å². The van der Waals surface area contributed by atoms with Crippen molar-refractivity contribution in [1.82, 2.24) is 24.7 Å². The van der Waals surface area contributed by atoms with E-state index in [2.05, 4.69) is 20.3 Å². The van der Waals surface area contributed by atoms with Crippen molar-refractivity contribution in [1.29, 1.82) is 0 Å². The minimum absolute atomic E-state index is 0.424. The van der Waals surface area contributed by atoms with Crippen LogP contribution < -0.4 is 4.74 Å². The molecule has 26 heavy (non-hydrogen) atoms. The Kier molecular flexibility index (Phi) is 4.71. The molecule has 10 heteroatoms. The smallest absolute Gasteiger partial charge is 0.237 e. The quantitative estimate of drug-likeness (QED) is 0.453. The van der Waals surface area contributed by atoms with Gasteiger partial charge in [-0.2, -0.15) is 4.98 Å².